The number of rotatable bonds is 3. The van der Waals surface area contributed by atoms with Crippen molar-refractivity contribution in [2.24, 2.45) is 5.92 Å². The molecular formula is C13H17BrN2O2. The van der Waals surface area contributed by atoms with Crippen molar-refractivity contribution in [3.8, 4) is 0 Å². The van der Waals surface area contributed by atoms with E-state index in [1.54, 1.807) is 6.07 Å². The SMILES string of the molecule is CCCn1cc(Br)cc1C(=O)N1CC(C)CC1=O. The van der Waals surface area contributed by atoms with Gasteiger partial charge in [-0.2, -0.15) is 0 Å². The van der Waals surface area contributed by atoms with Gasteiger partial charge in [0.1, 0.15) is 5.69 Å². The van der Waals surface area contributed by atoms with E-state index in [1.165, 1.54) is 4.90 Å². The second kappa shape index (κ2) is 5.26. The van der Waals surface area contributed by atoms with Crippen LogP contribution in [0.1, 0.15) is 37.2 Å². The van der Waals surface area contributed by atoms with E-state index < -0.39 is 0 Å². The maximum Gasteiger partial charge on any atom is 0.277 e. The number of aryl methyl sites for hydroxylation is 1. The third-order valence-corrected chi connectivity index (χ3v) is 3.54. The molecule has 2 heterocycles. The van der Waals surface area contributed by atoms with Crippen molar-refractivity contribution in [3.63, 3.8) is 0 Å². The van der Waals surface area contributed by atoms with E-state index in [1.807, 2.05) is 17.7 Å². The summed E-state index contributed by atoms with van der Waals surface area (Å²) in [7, 11) is 0. The van der Waals surface area contributed by atoms with Gasteiger partial charge in [0.2, 0.25) is 5.91 Å². The predicted octanol–water partition coefficient (Wildman–Crippen LogP) is 2.67. The van der Waals surface area contributed by atoms with Gasteiger partial charge in [0.15, 0.2) is 0 Å². The maximum absolute atomic E-state index is 12.4. The minimum Gasteiger partial charge on any atom is -0.342 e. The van der Waals surface area contributed by atoms with E-state index in [-0.39, 0.29) is 17.7 Å². The van der Waals surface area contributed by atoms with Crippen LogP contribution in [0.5, 0.6) is 0 Å². The van der Waals surface area contributed by atoms with Crippen LogP contribution in [-0.2, 0) is 11.3 Å². The van der Waals surface area contributed by atoms with E-state index in [9.17, 15) is 9.59 Å². The normalized spacial score (nSPS) is 19.6. The van der Waals surface area contributed by atoms with Gasteiger partial charge in [0.25, 0.3) is 5.91 Å². The smallest absolute Gasteiger partial charge is 0.277 e. The molecule has 2 rings (SSSR count). The van der Waals surface area contributed by atoms with E-state index in [0.29, 0.717) is 18.7 Å². The molecule has 0 aromatic carbocycles. The van der Waals surface area contributed by atoms with Crippen molar-refractivity contribution < 1.29 is 9.59 Å². The van der Waals surface area contributed by atoms with Crippen LogP contribution in [0.4, 0.5) is 0 Å². The summed E-state index contributed by atoms with van der Waals surface area (Å²) in [4.78, 5) is 25.5. The summed E-state index contributed by atoms with van der Waals surface area (Å²) in [5.74, 6) is 0.0239. The zero-order valence-corrected chi connectivity index (χ0v) is 12.2. The molecule has 1 aliphatic rings. The Labute approximate surface area is 115 Å². The van der Waals surface area contributed by atoms with Crippen LogP contribution in [-0.4, -0.2) is 27.8 Å². The molecule has 1 saturated heterocycles. The Morgan fingerprint density at radius 1 is 1.56 bits per heavy atom. The third kappa shape index (κ3) is 2.51. The highest BCUT2D eigenvalue weighted by Gasteiger charge is 2.33. The number of imide groups is 1. The van der Waals surface area contributed by atoms with Crippen molar-refractivity contribution in [1.82, 2.24) is 9.47 Å². The molecule has 4 nitrogen and oxygen atoms in total. The molecule has 0 aliphatic carbocycles. The Bertz CT molecular complexity index is 481. The summed E-state index contributed by atoms with van der Waals surface area (Å²) in [5.41, 5.74) is 0.589. The van der Waals surface area contributed by atoms with E-state index in [4.69, 9.17) is 0 Å². The molecule has 1 unspecified atom stereocenters. The van der Waals surface area contributed by atoms with Gasteiger partial charge in [-0.25, -0.2) is 0 Å². The number of nitrogens with zero attached hydrogens (tertiary/aromatic N) is 2. The van der Waals surface area contributed by atoms with Crippen molar-refractivity contribution >= 4 is 27.7 Å². The molecule has 0 saturated carbocycles. The largest absolute Gasteiger partial charge is 0.342 e. The fourth-order valence-electron chi connectivity index (χ4n) is 2.30. The van der Waals surface area contributed by atoms with E-state index in [0.717, 1.165) is 17.4 Å². The Balaban J connectivity index is 2.25. The summed E-state index contributed by atoms with van der Waals surface area (Å²) < 4.78 is 2.78. The van der Waals surface area contributed by atoms with Crippen LogP contribution >= 0.6 is 15.9 Å². The highest BCUT2D eigenvalue weighted by atomic mass is 79.9. The van der Waals surface area contributed by atoms with Gasteiger partial charge in [-0.05, 0) is 34.3 Å². The lowest BCUT2D eigenvalue weighted by Gasteiger charge is -2.15. The molecule has 1 aliphatic heterocycles. The summed E-state index contributed by atoms with van der Waals surface area (Å²) in [6.45, 7) is 5.37. The van der Waals surface area contributed by atoms with Gasteiger partial charge in [0.05, 0.1) is 0 Å². The second-order valence-electron chi connectivity index (χ2n) is 4.86. The highest BCUT2D eigenvalue weighted by Crippen LogP contribution is 2.22. The first-order valence-electron chi connectivity index (χ1n) is 6.23. The standard InChI is InChI=1S/C13H17BrN2O2/c1-3-4-15-8-10(14)6-11(15)13(18)16-7-9(2)5-12(16)17/h6,8-9H,3-5,7H2,1-2H3. The van der Waals surface area contributed by atoms with E-state index in [2.05, 4.69) is 22.9 Å². The monoisotopic (exact) mass is 312 g/mol. The molecule has 98 valence electrons. The first-order valence-corrected chi connectivity index (χ1v) is 7.02. The minimum atomic E-state index is -0.177. The van der Waals surface area contributed by atoms with Crippen LogP contribution in [0, 0.1) is 5.92 Å². The Kier molecular flexibility index (Phi) is 3.90. The summed E-state index contributed by atoms with van der Waals surface area (Å²) >= 11 is 3.38. The average Bonchev–Trinajstić information content (AvgIpc) is 2.82. The van der Waals surface area contributed by atoms with Gasteiger partial charge < -0.3 is 4.57 Å². The number of carbonyl (C=O) groups is 2. The number of carbonyl (C=O) groups excluding carboxylic acids is 2. The number of likely N-dealkylation sites (tertiary alicyclic amines) is 1. The van der Waals surface area contributed by atoms with Crippen molar-refractivity contribution in [2.45, 2.75) is 33.2 Å². The van der Waals surface area contributed by atoms with Gasteiger partial charge in [-0.1, -0.05) is 13.8 Å². The Morgan fingerprint density at radius 2 is 2.28 bits per heavy atom. The molecular weight excluding hydrogens is 296 g/mol. The van der Waals surface area contributed by atoms with Crippen LogP contribution in [0.3, 0.4) is 0 Å². The van der Waals surface area contributed by atoms with Gasteiger partial charge >= 0.3 is 0 Å². The van der Waals surface area contributed by atoms with Crippen LogP contribution in [0.25, 0.3) is 0 Å². The average molecular weight is 313 g/mol. The van der Waals surface area contributed by atoms with Crippen LogP contribution < -0.4 is 0 Å². The number of hydrogen-bond acceptors (Lipinski definition) is 2. The lowest BCUT2D eigenvalue weighted by molar-refractivity contribution is -0.125. The number of amides is 2. The molecule has 0 radical (unpaired) electrons. The van der Waals surface area contributed by atoms with Crippen LogP contribution in [0.15, 0.2) is 16.7 Å². The van der Waals surface area contributed by atoms with Crippen molar-refractivity contribution in [3.05, 3.63) is 22.4 Å². The highest BCUT2D eigenvalue weighted by molar-refractivity contribution is 9.10. The van der Waals surface area contributed by atoms with E-state index >= 15 is 0 Å². The quantitative estimate of drug-likeness (QED) is 0.805. The Morgan fingerprint density at radius 3 is 2.83 bits per heavy atom. The first kappa shape index (κ1) is 13.3. The topological polar surface area (TPSA) is 42.3 Å². The van der Waals surface area contributed by atoms with Crippen LogP contribution in [0.2, 0.25) is 0 Å². The summed E-state index contributed by atoms with van der Waals surface area (Å²) in [5, 5.41) is 0. The molecule has 18 heavy (non-hydrogen) atoms. The molecule has 2 amide bonds. The molecule has 1 atom stereocenters. The minimum absolute atomic E-state index is 0.0622. The molecule has 0 bridgehead atoms. The molecule has 1 aromatic heterocycles. The van der Waals surface area contributed by atoms with Gasteiger partial charge in [-0.3, -0.25) is 14.5 Å². The fourth-order valence-corrected chi connectivity index (χ4v) is 2.76. The molecule has 0 N–H and O–H groups in total. The lowest BCUT2D eigenvalue weighted by Crippen LogP contribution is -2.33. The summed E-state index contributed by atoms with van der Waals surface area (Å²) in [6, 6.07) is 1.79. The molecule has 1 fully saturated rings. The van der Waals surface area contributed by atoms with Crippen molar-refractivity contribution in [2.75, 3.05) is 6.54 Å². The molecule has 5 heteroatoms. The van der Waals surface area contributed by atoms with Crippen molar-refractivity contribution in [1.29, 1.82) is 0 Å². The lowest BCUT2D eigenvalue weighted by atomic mass is 10.2. The summed E-state index contributed by atoms with van der Waals surface area (Å²) in [6.07, 6.45) is 3.31. The second-order valence-corrected chi connectivity index (χ2v) is 5.77. The van der Waals surface area contributed by atoms with Gasteiger partial charge in [0, 0.05) is 30.2 Å². The predicted molar refractivity (Wildman–Crippen MR) is 72.2 cm³/mol. The number of halogens is 1. The fraction of sp³-hybridized carbons (Fsp3) is 0.538. The first-order chi connectivity index (χ1) is 8.52. The number of hydrogen-bond donors (Lipinski definition) is 0. The third-order valence-electron chi connectivity index (χ3n) is 3.11. The molecule has 1 aromatic rings. The van der Waals surface area contributed by atoms with Gasteiger partial charge in [-0.15, -0.1) is 0 Å². The maximum atomic E-state index is 12.4. The zero-order chi connectivity index (χ0) is 13.3. The Hall–Kier alpha value is -1.10. The zero-order valence-electron chi connectivity index (χ0n) is 10.6. The molecule has 0 spiro atoms. The number of aromatic nitrogens is 1.